The van der Waals surface area contributed by atoms with Crippen molar-refractivity contribution in [3.05, 3.63) is 46.8 Å². The van der Waals surface area contributed by atoms with Gasteiger partial charge in [-0.05, 0) is 56.2 Å². The van der Waals surface area contributed by atoms with Gasteiger partial charge in [0.05, 0.1) is 11.1 Å². The van der Waals surface area contributed by atoms with Gasteiger partial charge in [-0.1, -0.05) is 51.2 Å². The van der Waals surface area contributed by atoms with Crippen LogP contribution in [-0.4, -0.2) is 10.5 Å². The van der Waals surface area contributed by atoms with Crippen LogP contribution in [0.25, 0.3) is 11.1 Å². The highest BCUT2D eigenvalue weighted by Crippen LogP contribution is 2.37. The maximum atomic E-state index is 13.1. The first-order chi connectivity index (χ1) is 14.7. The molecule has 0 bridgehead atoms. The first-order valence-electron chi connectivity index (χ1n) is 11.4. The van der Waals surface area contributed by atoms with E-state index in [1.54, 1.807) is 0 Å². The van der Waals surface area contributed by atoms with E-state index in [-0.39, 0.29) is 0 Å². The predicted octanol–water partition coefficient (Wildman–Crippen LogP) is 6.89. The number of carbonyl (C=O) groups excluding carboxylic acids is 1. The molecule has 0 saturated heterocycles. The van der Waals surface area contributed by atoms with Crippen molar-refractivity contribution in [3.63, 3.8) is 0 Å². The molecule has 1 aromatic heterocycles. The second-order valence-electron chi connectivity index (χ2n) is 8.79. The fourth-order valence-corrected chi connectivity index (χ4v) is 4.91. The van der Waals surface area contributed by atoms with E-state index in [0.29, 0.717) is 22.6 Å². The van der Waals surface area contributed by atoms with Crippen molar-refractivity contribution < 1.29 is 18.0 Å². The summed E-state index contributed by atoms with van der Waals surface area (Å²) in [5, 5.41) is 0. The van der Waals surface area contributed by atoms with E-state index in [9.17, 15) is 18.0 Å². The number of benzene rings is 1. The van der Waals surface area contributed by atoms with Crippen LogP contribution in [0.2, 0.25) is 0 Å². The third-order valence-electron chi connectivity index (χ3n) is 6.56. The SMILES string of the molecule is CCCCCc1c(-c2ccc(C(F)(F)F)cc2)c(C(N)=O)c(C)n1CC1CCCCC1. The molecule has 2 aromatic rings. The summed E-state index contributed by atoms with van der Waals surface area (Å²) in [7, 11) is 0. The van der Waals surface area contributed by atoms with Gasteiger partial charge in [0, 0.05) is 23.5 Å². The van der Waals surface area contributed by atoms with E-state index < -0.39 is 17.6 Å². The Hall–Kier alpha value is -2.24. The number of alkyl halides is 3. The molecule has 6 heteroatoms. The van der Waals surface area contributed by atoms with Crippen molar-refractivity contribution in [1.29, 1.82) is 0 Å². The smallest absolute Gasteiger partial charge is 0.366 e. The standard InChI is InChI=1S/C25H33F3N2O/c1-3-4-6-11-21-23(19-12-14-20(15-13-19)25(26,27)28)22(24(29)31)17(2)30(21)16-18-9-7-5-8-10-18/h12-15,18H,3-11,16H2,1-2H3,(H2,29,31). The molecule has 2 N–H and O–H groups in total. The first-order valence-corrected chi connectivity index (χ1v) is 11.4. The lowest BCUT2D eigenvalue weighted by Crippen LogP contribution is -2.18. The number of amides is 1. The molecule has 1 heterocycles. The predicted molar refractivity (Wildman–Crippen MR) is 118 cm³/mol. The number of nitrogens with zero attached hydrogens (tertiary/aromatic N) is 1. The van der Waals surface area contributed by atoms with E-state index in [2.05, 4.69) is 11.5 Å². The largest absolute Gasteiger partial charge is 0.416 e. The fraction of sp³-hybridized carbons (Fsp3) is 0.560. The van der Waals surface area contributed by atoms with Gasteiger partial charge in [-0.25, -0.2) is 0 Å². The van der Waals surface area contributed by atoms with Gasteiger partial charge in [0.25, 0.3) is 5.91 Å². The van der Waals surface area contributed by atoms with Crippen molar-refractivity contribution in [3.8, 4) is 11.1 Å². The molecule has 0 aliphatic heterocycles. The molecular formula is C25H33F3N2O. The highest BCUT2D eigenvalue weighted by Gasteiger charge is 2.31. The Balaban J connectivity index is 2.10. The van der Waals surface area contributed by atoms with Crippen LogP contribution in [0, 0.1) is 12.8 Å². The maximum Gasteiger partial charge on any atom is 0.416 e. The van der Waals surface area contributed by atoms with Crippen molar-refractivity contribution in [2.75, 3.05) is 0 Å². The molecule has 170 valence electrons. The molecule has 0 unspecified atom stereocenters. The maximum absolute atomic E-state index is 13.1. The molecule has 1 aliphatic carbocycles. The minimum absolute atomic E-state index is 0.446. The van der Waals surface area contributed by atoms with Crippen LogP contribution in [-0.2, 0) is 19.1 Å². The average molecular weight is 435 g/mol. The van der Waals surface area contributed by atoms with Crippen LogP contribution in [0.1, 0.15) is 85.6 Å². The summed E-state index contributed by atoms with van der Waals surface area (Å²) in [4.78, 5) is 12.5. The van der Waals surface area contributed by atoms with Gasteiger partial charge in [-0.3, -0.25) is 4.79 Å². The van der Waals surface area contributed by atoms with Crippen LogP contribution >= 0.6 is 0 Å². The zero-order valence-electron chi connectivity index (χ0n) is 18.5. The number of unbranched alkanes of at least 4 members (excludes halogenated alkanes) is 2. The summed E-state index contributed by atoms with van der Waals surface area (Å²) in [6.07, 6.45) is 5.57. The molecule has 0 atom stereocenters. The van der Waals surface area contributed by atoms with Crippen LogP contribution < -0.4 is 5.73 Å². The quantitative estimate of drug-likeness (QED) is 0.452. The van der Waals surface area contributed by atoms with Gasteiger partial charge in [0.1, 0.15) is 0 Å². The molecule has 1 fully saturated rings. The molecular weight excluding hydrogens is 401 g/mol. The van der Waals surface area contributed by atoms with E-state index in [4.69, 9.17) is 5.73 Å². The lowest BCUT2D eigenvalue weighted by molar-refractivity contribution is -0.137. The van der Waals surface area contributed by atoms with E-state index >= 15 is 0 Å². The van der Waals surface area contributed by atoms with Crippen LogP contribution in [0.4, 0.5) is 13.2 Å². The van der Waals surface area contributed by atoms with Gasteiger partial charge in [-0.2, -0.15) is 13.2 Å². The lowest BCUT2D eigenvalue weighted by Gasteiger charge is -2.24. The number of aromatic nitrogens is 1. The average Bonchev–Trinajstić information content (AvgIpc) is 3.00. The lowest BCUT2D eigenvalue weighted by atomic mass is 9.89. The molecule has 1 aromatic carbocycles. The Morgan fingerprint density at radius 2 is 1.74 bits per heavy atom. The van der Waals surface area contributed by atoms with E-state index in [1.807, 2.05) is 6.92 Å². The monoisotopic (exact) mass is 434 g/mol. The number of nitrogens with two attached hydrogens (primary N) is 1. The van der Waals surface area contributed by atoms with E-state index in [1.165, 1.54) is 44.2 Å². The molecule has 1 saturated carbocycles. The van der Waals surface area contributed by atoms with Crippen LogP contribution in [0.15, 0.2) is 24.3 Å². The minimum atomic E-state index is -4.39. The number of hydrogen-bond donors (Lipinski definition) is 1. The Kier molecular flexibility index (Phi) is 7.50. The molecule has 1 aliphatic rings. The van der Waals surface area contributed by atoms with Crippen LogP contribution in [0.5, 0.6) is 0 Å². The molecule has 0 radical (unpaired) electrons. The van der Waals surface area contributed by atoms with E-state index in [0.717, 1.165) is 55.7 Å². The second-order valence-corrected chi connectivity index (χ2v) is 8.79. The highest BCUT2D eigenvalue weighted by molar-refractivity contribution is 6.02. The van der Waals surface area contributed by atoms with Gasteiger partial charge in [0.2, 0.25) is 0 Å². The van der Waals surface area contributed by atoms with Crippen molar-refractivity contribution in [2.45, 2.75) is 84.4 Å². The Labute approximate surface area is 182 Å². The van der Waals surface area contributed by atoms with Gasteiger partial charge in [-0.15, -0.1) is 0 Å². The summed E-state index contributed by atoms with van der Waals surface area (Å²) >= 11 is 0. The normalized spacial score (nSPS) is 15.4. The number of rotatable bonds is 8. The summed E-state index contributed by atoms with van der Waals surface area (Å²) in [6.45, 7) is 4.89. The Morgan fingerprint density at radius 3 is 2.29 bits per heavy atom. The summed E-state index contributed by atoms with van der Waals surface area (Å²) in [5.41, 5.74) is 8.75. The summed E-state index contributed by atoms with van der Waals surface area (Å²) in [6, 6.07) is 5.12. The van der Waals surface area contributed by atoms with Gasteiger partial charge >= 0.3 is 6.18 Å². The van der Waals surface area contributed by atoms with Crippen LogP contribution in [0.3, 0.4) is 0 Å². The third kappa shape index (κ3) is 5.34. The van der Waals surface area contributed by atoms with Crippen molar-refractivity contribution in [1.82, 2.24) is 4.57 Å². The number of primary amides is 1. The molecule has 0 spiro atoms. The second kappa shape index (κ2) is 9.92. The topological polar surface area (TPSA) is 48.0 Å². The summed E-state index contributed by atoms with van der Waals surface area (Å²) in [5.74, 6) is 0.0393. The third-order valence-corrected chi connectivity index (χ3v) is 6.56. The van der Waals surface area contributed by atoms with Gasteiger partial charge < -0.3 is 10.3 Å². The zero-order valence-corrected chi connectivity index (χ0v) is 18.5. The number of hydrogen-bond acceptors (Lipinski definition) is 1. The van der Waals surface area contributed by atoms with Crippen molar-refractivity contribution >= 4 is 5.91 Å². The summed E-state index contributed by atoms with van der Waals surface area (Å²) < 4.78 is 41.4. The zero-order chi connectivity index (χ0) is 22.6. The molecule has 3 rings (SSSR count). The minimum Gasteiger partial charge on any atom is -0.366 e. The number of carbonyl (C=O) groups is 1. The Bertz CT molecular complexity index is 891. The highest BCUT2D eigenvalue weighted by atomic mass is 19.4. The first kappa shape index (κ1) is 23.4. The molecule has 3 nitrogen and oxygen atoms in total. The molecule has 31 heavy (non-hydrogen) atoms. The Morgan fingerprint density at radius 1 is 1.10 bits per heavy atom. The number of halogens is 3. The fourth-order valence-electron chi connectivity index (χ4n) is 4.91. The van der Waals surface area contributed by atoms with Gasteiger partial charge in [0.15, 0.2) is 0 Å². The van der Waals surface area contributed by atoms with Crippen molar-refractivity contribution in [2.24, 2.45) is 11.7 Å². The molecule has 1 amide bonds.